The topological polar surface area (TPSA) is 114 Å². The Balaban J connectivity index is 0.000000207. The van der Waals surface area contributed by atoms with E-state index in [-0.39, 0.29) is 21.8 Å². The van der Waals surface area contributed by atoms with E-state index in [0.717, 1.165) is 0 Å². The fraction of sp³-hybridized carbons (Fsp3) is 0.0270. The van der Waals surface area contributed by atoms with Gasteiger partial charge in [0.2, 0.25) is 0 Å². The number of hydrogen-bond acceptors (Lipinski definition) is 6. The average Bonchev–Trinajstić information content (AvgIpc) is 3.10. The highest BCUT2D eigenvalue weighted by Gasteiger charge is 2.37. The van der Waals surface area contributed by atoms with Crippen LogP contribution in [0.25, 0.3) is 0 Å². The fourth-order valence-corrected chi connectivity index (χ4v) is 8.36. The number of benzene rings is 6. The molecule has 0 heterocycles. The first kappa shape index (κ1) is 41.0. The van der Waals surface area contributed by atoms with E-state index in [1.807, 2.05) is 0 Å². The molecule has 0 unspecified atom stereocenters. The van der Waals surface area contributed by atoms with E-state index in [1.54, 1.807) is 0 Å². The van der Waals surface area contributed by atoms with Crippen molar-refractivity contribution in [2.45, 2.75) is 34.9 Å². The summed E-state index contributed by atoms with van der Waals surface area (Å²) in [5.41, 5.74) is -5.65. The molecule has 0 aliphatic heterocycles. The number of rotatable bonds is 6. The first-order valence-corrected chi connectivity index (χ1v) is 19.8. The maximum absolute atomic E-state index is 10.7. The Morgan fingerprint density at radius 3 is 0.588 bits per heavy atom. The van der Waals surface area contributed by atoms with Crippen LogP contribution in [0.1, 0.15) is 0 Å². The monoisotopic (exact) mass is 774 g/mol. The van der Waals surface area contributed by atoms with E-state index in [2.05, 4.69) is 182 Å². The summed E-state index contributed by atoms with van der Waals surface area (Å²) >= 11 is 0. The molecule has 6 aromatic carbocycles. The molecule has 14 heteroatoms. The Labute approximate surface area is 300 Å². The molecule has 266 valence electrons. The number of halogens is 4. The van der Waals surface area contributed by atoms with Gasteiger partial charge in [0.05, 0.1) is 21.8 Å². The Morgan fingerprint density at radius 2 is 0.490 bits per heavy atom. The molecule has 0 radical (unpaired) electrons. The molecule has 0 atom stereocenters. The molecule has 0 N–H and O–H groups in total. The molecule has 0 aliphatic rings. The van der Waals surface area contributed by atoms with Crippen LogP contribution in [0.5, 0.6) is 0 Å². The van der Waals surface area contributed by atoms with E-state index in [0.29, 0.717) is 0 Å². The average molecular weight is 775 g/mol. The zero-order valence-corrected chi connectivity index (χ0v) is 29.7. The molecular formula is C37H30F4O6S4. The van der Waals surface area contributed by atoms with Crippen molar-refractivity contribution in [3.8, 4) is 0 Å². The quantitative estimate of drug-likeness (QED) is 0.0549. The highest BCUT2D eigenvalue weighted by atomic mass is 32.3. The molecule has 0 saturated carbocycles. The number of hydrogen-bond donors (Lipinski definition) is 0. The van der Waals surface area contributed by atoms with Crippen molar-refractivity contribution in [3.05, 3.63) is 182 Å². The molecule has 0 fully saturated rings. The summed E-state index contributed by atoms with van der Waals surface area (Å²) in [6, 6.07) is 64.3. The minimum atomic E-state index is -6.09. The molecule has 0 saturated heterocycles. The Kier molecular flexibility index (Phi) is 15.9. The highest BCUT2D eigenvalue weighted by molar-refractivity contribution is 7.97. The van der Waals surface area contributed by atoms with Crippen LogP contribution in [0.4, 0.5) is 17.1 Å². The van der Waals surface area contributed by atoms with Crippen LogP contribution in [0.15, 0.2) is 211 Å². The van der Waals surface area contributed by atoms with Gasteiger partial charge in [-0.1, -0.05) is 109 Å². The van der Waals surface area contributed by atoms with Crippen LogP contribution >= 0.6 is 0 Å². The van der Waals surface area contributed by atoms with Crippen molar-refractivity contribution in [2.75, 3.05) is 0 Å². The molecular weight excluding hydrogens is 745 g/mol. The molecule has 0 aliphatic carbocycles. The van der Waals surface area contributed by atoms with Gasteiger partial charge in [0, 0.05) is 0 Å². The van der Waals surface area contributed by atoms with Crippen molar-refractivity contribution in [3.63, 3.8) is 0 Å². The first-order chi connectivity index (χ1) is 24.1. The zero-order valence-electron chi connectivity index (χ0n) is 26.4. The summed E-state index contributed by atoms with van der Waals surface area (Å²) in [5, 5.41) is 0. The predicted octanol–water partition coefficient (Wildman–Crippen LogP) is 9.03. The van der Waals surface area contributed by atoms with Crippen molar-refractivity contribution in [2.24, 2.45) is 0 Å². The second-order valence-corrected chi connectivity index (χ2v) is 16.0. The van der Waals surface area contributed by atoms with E-state index >= 15 is 0 Å². The van der Waals surface area contributed by atoms with Gasteiger partial charge in [-0.05, 0) is 72.8 Å². The van der Waals surface area contributed by atoms with Crippen LogP contribution in [0, 0.1) is 0 Å². The van der Waals surface area contributed by atoms with Crippen molar-refractivity contribution >= 4 is 42.4 Å². The van der Waals surface area contributed by atoms with E-state index < -0.39 is 26.1 Å². The third-order valence-corrected chi connectivity index (χ3v) is 11.2. The lowest BCUT2D eigenvalue weighted by Gasteiger charge is -2.08. The second-order valence-electron chi connectivity index (χ2n) is 9.78. The maximum atomic E-state index is 10.7. The van der Waals surface area contributed by atoms with Gasteiger partial charge < -0.3 is 9.11 Å². The van der Waals surface area contributed by atoms with Gasteiger partial charge in [-0.2, -0.15) is 13.2 Å². The summed E-state index contributed by atoms with van der Waals surface area (Å²) < 4.78 is 94.2. The smallest absolute Gasteiger partial charge is 0.485 e. The van der Waals surface area contributed by atoms with Gasteiger partial charge >= 0.3 is 5.51 Å². The lowest BCUT2D eigenvalue weighted by molar-refractivity contribution is -0.0517. The summed E-state index contributed by atoms with van der Waals surface area (Å²) in [7, 11) is -11.5. The molecule has 51 heavy (non-hydrogen) atoms. The molecule has 6 rings (SSSR count). The standard InChI is InChI=1S/2C18H15S.CHF3O3S.FHO3S/c2*1-4-10-16(11-5-1)19(17-12-6-2-7-13-17)18-14-8-3-9-15-18;2-1(3,4)8(5,6)7;1-5(2,3)4/h2*1-15H;(H,5,6,7);(H,2,3,4)/q2*+1;;/p-2. The number of alkyl halides is 3. The van der Waals surface area contributed by atoms with Gasteiger partial charge in [0.25, 0.3) is 10.5 Å². The van der Waals surface area contributed by atoms with Crippen molar-refractivity contribution in [1.29, 1.82) is 0 Å². The maximum Gasteiger partial charge on any atom is 0.485 e. The van der Waals surface area contributed by atoms with Crippen molar-refractivity contribution in [1.82, 2.24) is 0 Å². The zero-order chi connectivity index (χ0) is 37.3. The summed E-state index contributed by atoms with van der Waals surface area (Å²) in [5.74, 6) is 0. The van der Waals surface area contributed by atoms with E-state index in [1.165, 1.54) is 29.4 Å². The van der Waals surface area contributed by atoms with E-state index in [4.69, 9.17) is 25.9 Å². The lowest BCUT2D eigenvalue weighted by atomic mass is 10.4. The summed E-state index contributed by atoms with van der Waals surface area (Å²) in [6.07, 6.45) is 0. The molecule has 0 spiro atoms. The largest absolute Gasteiger partial charge is 0.741 e. The fourth-order valence-electron chi connectivity index (χ4n) is 4.16. The Bertz CT molecular complexity index is 1760. The van der Waals surface area contributed by atoms with Crippen LogP contribution in [-0.2, 0) is 42.4 Å². The van der Waals surface area contributed by atoms with E-state index in [9.17, 15) is 17.1 Å². The van der Waals surface area contributed by atoms with Crippen LogP contribution < -0.4 is 0 Å². The van der Waals surface area contributed by atoms with Gasteiger partial charge in [0.1, 0.15) is 0 Å². The predicted molar refractivity (Wildman–Crippen MR) is 190 cm³/mol. The molecule has 6 aromatic rings. The summed E-state index contributed by atoms with van der Waals surface area (Å²) in [4.78, 5) is 8.17. The Morgan fingerprint density at radius 1 is 0.373 bits per heavy atom. The normalized spacial score (nSPS) is 11.2. The lowest BCUT2D eigenvalue weighted by Crippen LogP contribution is -2.21. The SMILES string of the molecule is O=S(=O)([O-])C(F)(F)F.O=S(=O)([O-])F.c1ccc([S+](c2ccccc2)c2ccccc2)cc1.c1ccc([S+](c2ccccc2)c2ccccc2)cc1. The van der Waals surface area contributed by atoms with Gasteiger partial charge in [0.15, 0.2) is 39.5 Å². The highest BCUT2D eigenvalue weighted by Crippen LogP contribution is 2.31. The minimum absolute atomic E-state index is 0.0146. The van der Waals surface area contributed by atoms with Crippen LogP contribution in [0.3, 0.4) is 0 Å². The van der Waals surface area contributed by atoms with Crippen molar-refractivity contribution < 1.29 is 43.0 Å². The molecule has 0 aromatic heterocycles. The molecule has 6 nitrogen and oxygen atoms in total. The third-order valence-electron chi connectivity index (χ3n) is 6.16. The van der Waals surface area contributed by atoms with Gasteiger partial charge in [-0.25, -0.2) is 16.8 Å². The molecule has 0 amide bonds. The third kappa shape index (κ3) is 14.7. The van der Waals surface area contributed by atoms with Crippen LogP contribution in [0.2, 0.25) is 0 Å². The minimum Gasteiger partial charge on any atom is -0.741 e. The Hall–Kier alpha value is -4.44. The summed E-state index contributed by atoms with van der Waals surface area (Å²) in [6.45, 7) is 0. The van der Waals surface area contributed by atoms with Gasteiger partial charge in [-0.15, -0.1) is 3.89 Å². The molecule has 0 bridgehead atoms. The van der Waals surface area contributed by atoms with Gasteiger partial charge in [-0.3, -0.25) is 0 Å². The first-order valence-electron chi connectivity index (χ1n) is 14.6. The van der Waals surface area contributed by atoms with Crippen LogP contribution in [-0.4, -0.2) is 31.4 Å². The second kappa shape index (κ2) is 19.8.